The summed E-state index contributed by atoms with van der Waals surface area (Å²) in [5.74, 6) is 0.129. The highest BCUT2D eigenvalue weighted by Gasteiger charge is 2.32. The van der Waals surface area contributed by atoms with Crippen LogP contribution in [-0.2, 0) is 16.0 Å². The summed E-state index contributed by atoms with van der Waals surface area (Å²) in [7, 11) is 0. The number of amides is 2. The molecule has 0 saturated carbocycles. The lowest BCUT2D eigenvalue weighted by molar-refractivity contribution is -0.140. The Labute approximate surface area is 161 Å². The van der Waals surface area contributed by atoms with E-state index < -0.39 is 6.10 Å². The summed E-state index contributed by atoms with van der Waals surface area (Å²) in [4.78, 5) is 26.6. The molecule has 1 heterocycles. The highest BCUT2D eigenvalue weighted by molar-refractivity contribution is 6.39. The first-order valence-electron chi connectivity index (χ1n) is 8.26. The first kappa shape index (κ1) is 18.5. The summed E-state index contributed by atoms with van der Waals surface area (Å²) in [6.07, 6.45) is -0.104. The maximum absolute atomic E-state index is 12.7. The minimum atomic E-state index is -0.607. The second-order valence-corrected chi connectivity index (χ2v) is 6.73. The van der Waals surface area contributed by atoms with Crippen molar-refractivity contribution < 1.29 is 14.3 Å². The third-order valence-corrected chi connectivity index (χ3v) is 4.81. The van der Waals surface area contributed by atoms with Gasteiger partial charge in [0, 0.05) is 13.0 Å². The average molecular weight is 393 g/mol. The molecule has 7 heteroatoms. The predicted molar refractivity (Wildman–Crippen MR) is 102 cm³/mol. The molecule has 2 amide bonds. The number of nitrogens with zero attached hydrogens (tertiary/aromatic N) is 1. The van der Waals surface area contributed by atoms with Gasteiger partial charge in [0.05, 0.1) is 22.3 Å². The number of hydrogen-bond acceptors (Lipinski definition) is 3. The molecule has 5 nitrogen and oxygen atoms in total. The van der Waals surface area contributed by atoms with Crippen LogP contribution in [0.25, 0.3) is 0 Å². The van der Waals surface area contributed by atoms with E-state index in [0.717, 1.165) is 5.56 Å². The molecule has 0 radical (unpaired) electrons. The summed E-state index contributed by atoms with van der Waals surface area (Å²) in [5, 5.41) is 3.35. The molecule has 3 rings (SSSR count). The molecule has 2 aromatic carbocycles. The molecule has 0 fully saturated rings. The van der Waals surface area contributed by atoms with Crippen molar-refractivity contribution in [3.05, 3.63) is 58.1 Å². The van der Waals surface area contributed by atoms with E-state index in [0.29, 0.717) is 34.4 Å². The first-order chi connectivity index (χ1) is 12.5. The molecule has 2 aromatic rings. The van der Waals surface area contributed by atoms with Crippen LogP contribution in [0.5, 0.6) is 5.75 Å². The third-order valence-electron chi connectivity index (χ3n) is 4.18. The Hall–Kier alpha value is -2.24. The molecule has 1 aliphatic rings. The molecular weight excluding hydrogens is 375 g/mol. The maximum Gasteiger partial charge on any atom is 0.264 e. The van der Waals surface area contributed by atoms with Gasteiger partial charge in [-0.3, -0.25) is 9.59 Å². The van der Waals surface area contributed by atoms with Crippen molar-refractivity contribution in [1.29, 1.82) is 0 Å². The van der Waals surface area contributed by atoms with Crippen LogP contribution in [0.3, 0.4) is 0 Å². The van der Waals surface area contributed by atoms with Crippen LogP contribution in [-0.4, -0.2) is 35.9 Å². The number of rotatable bonds is 5. The van der Waals surface area contributed by atoms with Crippen molar-refractivity contribution in [1.82, 2.24) is 4.90 Å². The molecule has 1 N–H and O–H groups in total. The molecule has 1 atom stereocenters. The van der Waals surface area contributed by atoms with Gasteiger partial charge >= 0.3 is 0 Å². The Balaban J connectivity index is 1.64. The second-order valence-electron chi connectivity index (χ2n) is 5.92. The Kier molecular flexibility index (Phi) is 5.69. The number of likely N-dealkylation sites (N-methyl/N-ethyl adjacent to an activating group) is 1. The van der Waals surface area contributed by atoms with Crippen LogP contribution in [0.2, 0.25) is 10.0 Å². The fraction of sp³-hybridized carbons (Fsp3) is 0.263. The SMILES string of the molecule is CCN(CC(=O)Nc1c(Cl)cccc1Cl)C(=O)[C@@H]1Cc2ccccc2O1. The van der Waals surface area contributed by atoms with Crippen molar-refractivity contribution in [2.24, 2.45) is 0 Å². The van der Waals surface area contributed by atoms with Gasteiger partial charge in [0.2, 0.25) is 5.91 Å². The van der Waals surface area contributed by atoms with Crippen molar-refractivity contribution >= 4 is 40.7 Å². The third kappa shape index (κ3) is 3.94. The lowest BCUT2D eigenvalue weighted by Gasteiger charge is -2.23. The van der Waals surface area contributed by atoms with Gasteiger partial charge in [-0.15, -0.1) is 0 Å². The highest BCUT2D eigenvalue weighted by atomic mass is 35.5. The molecule has 0 spiro atoms. The summed E-state index contributed by atoms with van der Waals surface area (Å²) < 4.78 is 5.72. The van der Waals surface area contributed by atoms with Gasteiger partial charge in [0.15, 0.2) is 6.10 Å². The second kappa shape index (κ2) is 7.98. The Morgan fingerprint density at radius 2 is 1.85 bits per heavy atom. The fourth-order valence-corrected chi connectivity index (χ4v) is 3.33. The zero-order chi connectivity index (χ0) is 18.7. The topological polar surface area (TPSA) is 58.6 Å². The van der Waals surface area contributed by atoms with Crippen molar-refractivity contribution in [3.8, 4) is 5.75 Å². The van der Waals surface area contributed by atoms with Crippen molar-refractivity contribution in [2.75, 3.05) is 18.4 Å². The van der Waals surface area contributed by atoms with E-state index >= 15 is 0 Å². The van der Waals surface area contributed by atoms with Gasteiger partial charge in [-0.1, -0.05) is 47.5 Å². The number of anilines is 1. The van der Waals surface area contributed by atoms with Gasteiger partial charge in [0.25, 0.3) is 5.91 Å². The van der Waals surface area contributed by atoms with E-state index in [1.54, 1.807) is 18.2 Å². The summed E-state index contributed by atoms with van der Waals surface area (Å²) in [5.41, 5.74) is 1.34. The van der Waals surface area contributed by atoms with E-state index in [1.807, 2.05) is 31.2 Å². The molecule has 0 unspecified atom stereocenters. The minimum absolute atomic E-state index is 0.104. The van der Waals surface area contributed by atoms with Gasteiger partial charge in [0.1, 0.15) is 5.75 Å². The van der Waals surface area contributed by atoms with Gasteiger partial charge in [-0.2, -0.15) is 0 Å². The molecule has 0 aromatic heterocycles. The smallest absolute Gasteiger partial charge is 0.264 e. The molecule has 26 heavy (non-hydrogen) atoms. The quantitative estimate of drug-likeness (QED) is 0.841. The van der Waals surface area contributed by atoms with Crippen LogP contribution in [0, 0.1) is 0 Å². The Morgan fingerprint density at radius 3 is 2.50 bits per heavy atom. The largest absolute Gasteiger partial charge is 0.480 e. The molecule has 0 bridgehead atoms. The zero-order valence-electron chi connectivity index (χ0n) is 14.2. The standard InChI is InChI=1S/C19H18Cl2N2O3/c1-2-23(11-17(24)22-18-13(20)7-5-8-14(18)21)19(25)16-10-12-6-3-4-9-15(12)26-16/h3-9,16H,2,10-11H2,1H3,(H,22,24)/t16-/m0/s1. The number of benzene rings is 2. The fourth-order valence-electron chi connectivity index (χ4n) is 2.84. The van der Waals surface area contributed by atoms with Crippen LogP contribution in [0.15, 0.2) is 42.5 Å². The number of carbonyl (C=O) groups is 2. The Bertz CT molecular complexity index is 796. The van der Waals surface area contributed by atoms with Crippen LogP contribution in [0.1, 0.15) is 12.5 Å². The first-order valence-corrected chi connectivity index (χ1v) is 9.02. The molecular formula is C19H18Cl2N2O3. The molecule has 136 valence electrons. The summed E-state index contributed by atoms with van der Waals surface area (Å²) in [6, 6.07) is 12.5. The van der Waals surface area contributed by atoms with Crippen molar-refractivity contribution in [2.45, 2.75) is 19.4 Å². The Morgan fingerprint density at radius 1 is 1.15 bits per heavy atom. The predicted octanol–water partition coefficient (Wildman–Crippen LogP) is 3.78. The van der Waals surface area contributed by atoms with E-state index in [-0.39, 0.29) is 18.4 Å². The number of fused-ring (bicyclic) bond motifs is 1. The van der Waals surface area contributed by atoms with Crippen LogP contribution >= 0.6 is 23.2 Å². The van der Waals surface area contributed by atoms with Gasteiger partial charge in [-0.05, 0) is 30.7 Å². The normalized spacial score (nSPS) is 15.1. The average Bonchev–Trinajstić information content (AvgIpc) is 3.06. The maximum atomic E-state index is 12.7. The van der Waals surface area contributed by atoms with E-state index in [1.165, 1.54) is 4.90 Å². The summed E-state index contributed by atoms with van der Waals surface area (Å²) in [6.45, 7) is 2.10. The van der Waals surface area contributed by atoms with E-state index in [4.69, 9.17) is 27.9 Å². The van der Waals surface area contributed by atoms with Gasteiger partial charge in [-0.25, -0.2) is 0 Å². The number of carbonyl (C=O) groups excluding carboxylic acids is 2. The minimum Gasteiger partial charge on any atom is -0.480 e. The number of nitrogens with one attached hydrogen (secondary N) is 1. The number of hydrogen-bond donors (Lipinski definition) is 1. The monoisotopic (exact) mass is 392 g/mol. The number of para-hydroxylation sites is 2. The molecule has 0 saturated heterocycles. The van der Waals surface area contributed by atoms with Gasteiger partial charge < -0.3 is 15.0 Å². The van der Waals surface area contributed by atoms with Crippen molar-refractivity contribution in [3.63, 3.8) is 0 Å². The lowest BCUT2D eigenvalue weighted by Crippen LogP contribution is -2.45. The summed E-state index contributed by atoms with van der Waals surface area (Å²) >= 11 is 12.1. The molecule has 0 aliphatic carbocycles. The van der Waals surface area contributed by atoms with E-state index in [2.05, 4.69) is 5.32 Å². The molecule has 1 aliphatic heterocycles. The lowest BCUT2D eigenvalue weighted by atomic mass is 10.1. The number of halogens is 2. The highest BCUT2D eigenvalue weighted by Crippen LogP contribution is 2.30. The van der Waals surface area contributed by atoms with E-state index in [9.17, 15) is 9.59 Å². The van der Waals surface area contributed by atoms with Crippen LogP contribution < -0.4 is 10.1 Å². The number of ether oxygens (including phenoxy) is 1. The van der Waals surface area contributed by atoms with Crippen LogP contribution in [0.4, 0.5) is 5.69 Å². The zero-order valence-corrected chi connectivity index (χ0v) is 15.7.